The molecule has 0 heterocycles. The summed E-state index contributed by atoms with van der Waals surface area (Å²) in [5, 5.41) is 3.35. The fourth-order valence-corrected chi connectivity index (χ4v) is 1.07. The van der Waals surface area contributed by atoms with Crippen LogP contribution in [0, 0.1) is 0 Å². The smallest absolute Gasteiger partial charge is 0.0397 e. The minimum Gasteiger partial charge on any atom is -0.381 e. The SMILES string of the molecule is C[C@H](NN)[C@H](C)Nc1ccccc1. The number of hydrazine groups is 1. The van der Waals surface area contributed by atoms with Gasteiger partial charge in [-0.05, 0) is 26.0 Å². The third-order valence-corrected chi connectivity index (χ3v) is 2.18. The molecule has 0 aliphatic carbocycles. The van der Waals surface area contributed by atoms with E-state index in [1.807, 2.05) is 37.3 Å². The molecule has 3 nitrogen and oxygen atoms in total. The zero-order valence-corrected chi connectivity index (χ0v) is 8.12. The summed E-state index contributed by atoms with van der Waals surface area (Å²) in [6.45, 7) is 4.14. The van der Waals surface area contributed by atoms with E-state index >= 15 is 0 Å². The highest BCUT2D eigenvalue weighted by Crippen LogP contribution is 2.08. The second-order valence-electron chi connectivity index (χ2n) is 3.25. The molecule has 0 fully saturated rings. The van der Waals surface area contributed by atoms with Gasteiger partial charge < -0.3 is 5.32 Å². The topological polar surface area (TPSA) is 50.1 Å². The van der Waals surface area contributed by atoms with Crippen LogP contribution >= 0.6 is 0 Å². The minimum atomic E-state index is 0.250. The van der Waals surface area contributed by atoms with Crippen LogP contribution in [0.2, 0.25) is 0 Å². The third kappa shape index (κ3) is 3.05. The van der Waals surface area contributed by atoms with Crippen LogP contribution in [-0.4, -0.2) is 12.1 Å². The quantitative estimate of drug-likeness (QED) is 0.483. The normalized spacial score (nSPS) is 15.0. The van der Waals surface area contributed by atoms with E-state index in [1.54, 1.807) is 0 Å². The van der Waals surface area contributed by atoms with Crippen molar-refractivity contribution >= 4 is 5.69 Å². The summed E-state index contributed by atoms with van der Waals surface area (Å²) in [6, 6.07) is 10.7. The Labute approximate surface area is 79.3 Å². The Morgan fingerprint density at radius 3 is 2.23 bits per heavy atom. The van der Waals surface area contributed by atoms with Gasteiger partial charge in [-0.25, -0.2) is 0 Å². The first-order valence-electron chi connectivity index (χ1n) is 4.51. The molecule has 0 saturated heterocycles. The molecule has 0 unspecified atom stereocenters. The summed E-state index contributed by atoms with van der Waals surface area (Å²) in [7, 11) is 0. The van der Waals surface area contributed by atoms with E-state index in [9.17, 15) is 0 Å². The molecule has 0 radical (unpaired) electrons. The number of anilines is 1. The first-order valence-corrected chi connectivity index (χ1v) is 4.51. The van der Waals surface area contributed by atoms with Gasteiger partial charge in [-0.15, -0.1) is 0 Å². The molecule has 1 aromatic carbocycles. The molecule has 0 aliphatic rings. The van der Waals surface area contributed by atoms with E-state index in [2.05, 4.69) is 17.7 Å². The zero-order chi connectivity index (χ0) is 9.68. The lowest BCUT2D eigenvalue weighted by Gasteiger charge is -2.21. The van der Waals surface area contributed by atoms with Gasteiger partial charge in [-0.2, -0.15) is 0 Å². The Hall–Kier alpha value is -1.06. The average Bonchev–Trinajstić information content (AvgIpc) is 2.18. The van der Waals surface area contributed by atoms with Gasteiger partial charge >= 0.3 is 0 Å². The molecule has 3 heteroatoms. The molecule has 0 amide bonds. The van der Waals surface area contributed by atoms with E-state index < -0.39 is 0 Å². The maximum absolute atomic E-state index is 5.34. The Balaban J connectivity index is 2.50. The first kappa shape index (κ1) is 10.0. The van der Waals surface area contributed by atoms with E-state index in [4.69, 9.17) is 5.84 Å². The molecule has 2 atom stereocenters. The number of hydrogen-bond donors (Lipinski definition) is 3. The van der Waals surface area contributed by atoms with E-state index in [-0.39, 0.29) is 6.04 Å². The lowest BCUT2D eigenvalue weighted by molar-refractivity contribution is 0.513. The first-order chi connectivity index (χ1) is 6.24. The van der Waals surface area contributed by atoms with Crippen molar-refractivity contribution in [3.63, 3.8) is 0 Å². The highest BCUT2D eigenvalue weighted by atomic mass is 15.2. The highest BCUT2D eigenvalue weighted by molar-refractivity contribution is 5.43. The van der Waals surface area contributed by atoms with Crippen molar-refractivity contribution in [1.82, 2.24) is 5.43 Å². The molecule has 0 spiro atoms. The summed E-state index contributed by atoms with van der Waals surface area (Å²) in [5.41, 5.74) is 3.84. The maximum atomic E-state index is 5.34. The van der Waals surface area contributed by atoms with E-state index in [0.29, 0.717) is 6.04 Å². The van der Waals surface area contributed by atoms with E-state index in [1.165, 1.54) is 0 Å². The fourth-order valence-electron chi connectivity index (χ4n) is 1.07. The van der Waals surface area contributed by atoms with Gasteiger partial charge in [0.2, 0.25) is 0 Å². The number of nitrogens with two attached hydrogens (primary N) is 1. The van der Waals surface area contributed by atoms with Gasteiger partial charge in [0.15, 0.2) is 0 Å². The zero-order valence-electron chi connectivity index (χ0n) is 8.12. The lowest BCUT2D eigenvalue weighted by Crippen LogP contribution is -2.43. The van der Waals surface area contributed by atoms with Crippen LogP contribution in [-0.2, 0) is 0 Å². The second-order valence-corrected chi connectivity index (χ2v) is 3.25. The predicted molar refractivity (Wildman–Crippen MR) is 56.3 cm³/mol. The number of hydrogen-bond acceptors (Lipinski definition) is 3. The summed E-state index contributed by atoms with van der Waals surface area (Å²) in [6.07, 6.45) is 0. The van der Waals surface area contributed by atoms with Gasteiger partial charge in [0.25, 0.3) is 0 Å². The molecule has 1 rings (SSSR count). The van der Waals surface area contributed by atoms with Crippen molar-refractivity contribution in [2.45, 2.75) is 25.9 Å². The van der Waals surface area contributed by atoms with Gasteiger partial charge in [0.1, 0.15) is 0 Å². The second kappa shape index (κ2) is 4.84. The molecule has 0 bridgehead atoms. The fraction of sp³-hybridized carbons (Fsp3) is 0.400. The Bertz CT molecular complexity index is 235. The van der Waals surface area contributed by atoms with Gasteiger partial charge in [-0.3, -0.25) is 11.3 Å². The molecule has 1 aromatic rings. The molecule has 4 N–H and O–H groups in total. The maximum Gasteiger partial charge on any atom is 0.0397 e. The summed E-state index contributed by atoms with van der Waals surface area (Å²) in [4.78, 5) is 0. The Kier molecular flexibility index (Phi) is 3.73. The molecular formula is C10H17N3. The summed E-state index contributed by atoms with van der Waals surface area (Å²) < 4.78 is 0. The van der Waals surface area contributed by atoms with Gasteiger partial charge in [0.05, 0.1) is 0 Å². The average molecular weight is 179 g/mol. The lowest BCUT2D eigenvalue weighted by atomic mass is 10.1. The Morgan fingerprint density at radius 1 is 1.08 bits per heavy atom. The third-order valence-electron chi connectivity index (χ3n) is 2.18. The minimum absolute atomic E-state index is 0.250. The van der Waals surface area contributed by atoms with Crippen molar-refractivity contribution in [2.75, 3.05) is 5.32 Å². The molecule has 0 aromatic heterocycles. The van der Waals surface area contributed by atoms with Crippen molar-refractivity contribution in [3.8, 4) is 0 Å². The summed E-state index contributed by atoms with van der Waals surface area (Å²) in [5.74, 6) is 5.34. The number of nitrogens with one attached hydrogen (secondary N) is 2. The van der Waals surface area contributed by atoms with Crippen molar-refractivity contribution in [2.24, 2.45) is 5.84 Å². The molecule has 72 valence electrons. The van der Waals surface area contributed by atoms with E-state index in [0.717, 1.165) is 5.69 Å². The van der Waals surface area contributed by atoms with Crippen LogP contribution in [0.1, 0.15) is 13.8 Å². The van der Waals surface area contributed by atoms with Gasteiger partial charge in [0, 0.05) is 17.8 Å². The number of para-hydroxylation sites is 1. The largest absolute Gasteiger partial charge is 0.381 e. The standard InChI is InChI=1S/C10H17N3/c1-8(9(2)13-11)12-10-6-4-3-5-7-10/h3-9,12-13H,11H2,1-2H3/t8-,9-/m0/s1. The van der Waals surface area contributed by atoms with Gasteiger partial charge in [-0.1, -0.05) is 18.2 Å². The molecule has 0 aliphatic heterocycles. The van der Waals surface area contributed by atoms with Crippen molar-refractivity contribution in [3.05, 3.63) is 30.3 Å². The monoisotopic (exact) mass is 179 g/mol. The van der Waals surface area contributed by atoms with Crippen LogP contribution in [0.25, 0.3) is 0 Å². The number of benzene rings is 1. The van der Waals surface area contributed by atoms with Crippen LogP contribution < -0.4 is 16.6 Å². The van der Waals surface area contributed by atoms with Crippen LogP contribution in [0.5, 0.6) is 0 Å². The molecular weight excluding hydrogens is 162 g/mol. The predicted octanol–water partition coefficient (Wildman–Crippen LogP) is 1.34. The van der Waals surface area contributed by atoms with Crippen molar-refractivity contribution in [1.29, 1.82) is 0 Å². The van der Waals surface area contributed by atoms with Crippen LogP contribution in [0.4, 0.5) is 5.69 Å². The molecule has 0 saturated carbocycles. The molecule has 13 heavy (non-hydrogen) atoms. The van der Waals surface area contributed by atoms with Crippen molar-refractivity contribution < 1.29 is 0 Å². The summed E-state index contributed by atoms with van der Waals surface area (Å²) >= 11 is 0. The Morgan fingerprint density at radius 2 is 1.69 bits per heavy atom. The van der Waals surface area contributed by atoms with Crippen LogP contribution in [0.3, 0.4) is 0 Å². The number of rotatable bonds is 4. The van der Waals surface area contributed by atoms with Crippen LogP contribution in [0.15, 0.2) is 30.3 Å². The highest BCUT2D eigenvalue weighted by Gasteiger charge is 2.08.